The van der Waals surface area contributed by atoms with E-state index in [0.717, 1.165) is 14.7 Å². The van der Waals surface area contributed by atoms with E-state index in [1.165, 1.54) is 36.3 Å². The Morgan fingerprint density at radius 2 is 1.90 bits per heavy atom. The Morgan fingerprint density at radius 3 is 2.65 bits per heavy atom. The van der Waals surface area contributed by atoms with Crippen molar-refractivity contribution >= 4 is 32.9 Å². The molecule has 1 aromatic carbocycles. The van der Waals surface area contributed by atoms with Crippen LogP contribution in [0.3, 0.4) is 0 Å². The van der Waals surface area contributed by atoms with E-state index < -0.39 is 5.91 Å². The molecule has 3 heterocycles. The minimum Gasteiger partial charge on any atom is -0.349 e. The van der Waals surface area contributed by atoms with Crippen molar-refractivity contribution in [1.82, 2.24) is 34.4 Å². The van der Waals surface area contributed by atoms with Gasteiger partial charge in [0.1, 0.15) is 17.4 Å². The molecule has 0 saturated heterocycles. The number of nitrogens with zero attached hydrogens (tertiary/aromatic N) is 6. The summed E-state index contributed by atoms with van der Waals surface area (Å²) in [5.41, 5.74) is 1.09. The lowest BCUT2D eigenvalue weighted by molar-refractivity contribution is 0.0944. The zero-order valence-corrected chi connectivity index (χ0v) is 18.1. The molecule has 0 saturated carbocycles. The van der Waals surface area contributed by atoms with Crippen LogP contribution in [0.2, 0.25) is 0 Å². The molecule has 1 N–H and O–H groups in total. The molecular formula is C20H18BrN7O3. The second-order valence-electron chi connectivity index (χ2n) is 6.85. The van der Waals surface area contributed by atoms with Gasteiger partial charge in [0.05, 0.1) is 19.3 Å². The first-order chi connectivity index (χ1) is 14.9. The van der Waals surface area contributed by atoms with E-state index in [4.69, 9.17) is 0 Å². The zero-order chi connectivity index (χ0) is 22.0. The van der Waals surface area contributed by atoms with Crippen molar-refractivity contribution in [2.45, 2.75) is 13.1 Å². The minimum absolute atomic E-state index is 0.140. The topological polar surface area (TPSA) is 117 Å². The molecule has 0 spiro atoms. The fourth-order valence-corrected chi connectivity index (χ4v) is 3.31. The van der Waals surface area contributed by atoms with Gasteiger partial charge in [-0.15, -0.1) is 0 Å². The molecule has 31 heavy (non-hydrogen) atoms. The Hall–Kier alpha value is -3.60. The highest BCUT2D eigenvalue weighted by Gasteiger charge is 2.12. The number of fused-ring (bicyclic) bond motifs is 1. The average Bonchev–Trinajstić information content (AvgIpc) is 3.17. The van der Waals surface area contributed by atoms with Gasteiger partial charge in [-0.3, -0.25) is 19.0 Å². The first-order valence-corrected chi connectivity index (χ1v) is 10.2. The van der Waals surface area contributed by atoms with Gasteiger partial charge in [-0.2, -0.15) is 10.2 Å². The van der Waals surface area contributed by atoms with Gasteiger partial charge in [0.25, 0.3) is 17.0 Å². The number of nitrogens with one attached hydrogen (secondary N) is 1. The largest absolute Gasteiger partial charge is 0.349 e. The molecule has 4 aromatic rings. The lowest BCUT2D eigenvalue weighted by Gasteiger charge is -2.08. The molecule has 11 heteroatoms. The molecular weight excluding hydrogens is 466 g/mol. The molecule has 3 aromatic heterocycles. The number of benzene rings is 1. The maximum atomic E-state index is 12.8. The van der Waals surface area contributed by atoms with Crippen LogP contribution < -0.4 is 16.4 Å². The van der Waals surface area contributed by atoms with Gasteiger partial charge in [-0.05, 0) is 23.8 Å². The monoisotopic (exact) mass is 483 g/mol. The van der Waals surface area contributed by atoms with Crippen molar-refractivity contribution < 1.29 is 4.79 Å². The van der Waals surface area contributed by atoms with Gasteiger partial charge < -0.3 is 5.32 Å². The number of amides is 1. The molecule has 10 nitrogen and oxygen atoms in total. The summed E-state index contributed by atoms with van der Waals surface area (Å²) in [6.07, 6.45) is 2.98. The summed E-state index contributed by atoms with van der Waals surface area (Å²) in [5, 5.41) is 11.3. The zero-order valence-electron chi connectivity index (χ0n) is 16.5. The van der Waals surface area contributed by atoms with Crippen molar-refractivity contribution in [2.75, 3.05) is 6.54 Å². The molecule has 4 rings (SSSR count). The van der Waals surface area contributed by atoms with Crippen molar-refractivity contribution in [3.05, 3.63) is 85.4 Å². The standard InChI is InChI=1S/C20H18BrN7O3/c1-26-17(29)7-6-16(25-26)19(30)22-8-9-28-18-15(10-24-28)20(31)27(12-23-18)11-13-2-4-14(21)5-3-13/h2-7,10,12H,8-9,11H2,1H3,(H,22,30). The first kappa shape index (κ1) is 20.7. The van der Waals surface area contributed by atoms with Crippen molar-refractivity contribution in [3.8, 4) is 0 Å². The maximum Gasteiger partial charge on any atom is 0.271 e. The van der Waals surface area contributed by atoms with E-state index in [2.05, 4.69) is 36.4 Å². The third-order valence-corrected chi connectivity index (χ3v) is 5.22. The SMILES string of the molecule is Cn1nc(C(=O)NCCn2ncc3c(=O)n(Cc4ccc(Br)cc4)cnc32)ccc1=O. The lowest BCUT2D eigenvalue weighted by Crippen LogP contribution is -2.30. The second kappa shape index (κ2) is 8.64. The summed E-state index contributed by atoms with van der Waals surface area (Å²) in [6, 6.07) is 10.4. The van der Waals surface area contributed by atoms with E-state index in [9.17, 15) is 14.4 Å². The Kier molecular flexibility index (Phi) is 5.76. The number of aromatic nitrogens is 6. The van der Waals surface area contributed by atoms with Crippen molar-refractivity contribution in [3.63, 3.8) is 0 Å². The van der Waals surface area contributed by atoms with E-state index in [1.54, 1.807) is 4.68 Å². The van der Waals surface area contributed by atoms with E-state index in [-0.39, 0.29) is 23.4 Å². The Morgan fingerprint density at radius 1 is 1.13 bits per heavy atom. The molecule has 1 amide bonds. The Balaban J connectivity index is 1.45. The van der Waals surface area contributed by atoms with Gasteiger partial charge in [0.15, 0.2) is 5.65 Å². The summed E-state index contributed by atoms with van der Waals surface area (Å²) in [7, 11) is 1.48. The molecule has 0 fully saturated rings. The molecule has 0 atom stereocenters. The fraction of sp³-hybridized carbons (Fsp3) is 0.200. The normalized spacial score (nSPS) is 11.0. The highest BCUT2D eigenvalue weighted by molar-refractivity contribution is 9.10. The van der Waals surface area contributed by atoms with Crippen LogP contribution in [0.4, 0.5) is 0 Å². The minimum atomic E-state index is -0.406. The highest BCUT2D eigenvalue weighted by Crippen LogP contribution is 2.12. The number of rotatable bonds is 6. The number of hydrogen-bond donors (Lipinski definition) is 1. The van der Waals surface area contributed by atoms with Gasteiger partial charge in [0.2, 0.25) is 0 Å². The number of carbonyl (C=O) groups excluding carboxylic acids is 1. The van der Waals surface area contributed by atoms with E-state index in [1.807, 2.05) is 24.3 Å². The third-order valence-electron chi connectivity index (χ3n) is 4.69. The predicted molar refractivity (Wildman–Crippen MR) is 117 cm³/mol. The summed E-state index contributed by atoms with van der Waals surface area (Å²) >= 11 is 3.39. The summed E-state index contributed by atoms with van der Waals surface area (Å²) in [5.74, 6) is -0.406. The van der Waals surface area contributed by atoms with Gasteiger partial charge in [-0.1, -0.05) is 28.1 Å². The lowest BCUT2D eigenvalue weighted by atomic mass is 10.2. The summed E-state index contributed by atoms with van der Waals surface area (Å²) in [6.45, 7) is 0.983. The molecule has 0 aliphatic carbocycles. The molecule has 158 valence electrons. The van der Waals surface area contributed by atoms with Gasteiger partial charge in [-0.25, -0.2) is 14.3 Å². The van der Waals surface area contributed by atoms with E-state index >= 15 is 0 Å². The van der Waals surface area contributed by atoms with Crippen molar-refractivity contribution in [2.24, 2.45) is 7.05 Å². The maximum absolute atomic E-state index is 12.8. The highest BCUT2D eigenvalue weighted by atomic mass is 79.9. The second-order valence-corrected chi connectivity index (χ2v) is 7.76. The molecule has 0 aliphatic rings. The first-order valence-electron chi connectivity index (χ1n) is 9.40. The molecule has 0 bridgehead atoms. The fourth-order valence-electron chi connectivity index (χ4n) is 3.05. The van der Waals surface area contributed by atoms with Crippen LogP contribution in [0.15, 0.2) is 63.0 Å². The van der Waals surface area contributed by atoms with Crippen LogP contribution in [0.25, 0.3) is 11.0 Å². The van der Waals surface area contributed by atoms with Crippen molar-refractivity contribution in [1.29, 1.82) is 0 Å². The van der Waals surface area contributed by atoms with Crippen LogP contribution in [0.5, 0.6) is 0 Å². The molecule has 0 radical (unpaired) electrons. The van der Waals surface area contributed by atoms with Crippen LogP contribution >= 0.6 is 15.9 Å². The predicted octanol–water partition coefficient (Wildman–Crippen LogP) is 0.927. The van der Waals surface area contributed by atoms with Crippen LogP contribution in [0, 0.1) is 0 Å². The number of halogens is 1. The van der Waals surface area contributed by atoms with E-state index in [0.29, 0.717) is 24.1 Å². The van der Waals surface area contributed by atoms with Crippen LogP contribution in [-0.4, -0.2) is 41.6 Å². The summed E-state index contributed by atoms with van der Waals surface area (Å²) < 4.78 is 5.16. The Bertz CT molecular complexity index is 1370. The quantitative estimate of drug-likeness (QED) is 0.435. The number of aryl methyl sites for hydroxylation is 1. The van der Waals surface area contributed by atoms with Gasteiger partial charge >= 0.3 is 0 Å². The smallest absolute Gasteiger partial charge is 0.271 e. The number of carbonyl (C=O) groups is 1. The van der Waals surface area contributed by atoms with Crippen LogP contribution in [0.1, 0.15) is 16.1 Å². The Labute approximate surface area is 184 Å². The summed E-state index contributed by atoms with van der Waals surface area (Å²) in [4.78, 5) is 40.8. The molecule has 0 aliphatic heterocycles. The average molecular weight is 484 g/mol. The third kappa shape index (κ3) is 4.45. The van der Waals surface area contributed by atoms with Gasteiger partial charge in [0, 0.05) is 24.1 Å². The molecule has 0 unspecified atom stereocenters. The van der Waals surface area contributed by atoms with Crippen LogP contribution in [-0.2, 0) is 20.1 Å². The number of hydrogen-bond acceptors (Lipinski definition) is 6.